The minimum absolute atomic E-state index is 0.168. The highest BCUT2D eigenvalue weighted by atomic mass is 16.2. The molecule has 1 aliphatic rings. The zero-order valence-electron chi connectivity index (χ0n) is 13.2. The lowest BCUT2D eigenvalue weighted by atomic mass is 10.1. The Bertz CT molecular complexity index is 439. The van der Waals surface area contributed by atoms with Crippen LogP contribution in [0.1, 0.15) is 67.7 Å². The van der Waals surface area contributed by atoms with Crippen molar-refractivity contribution in [3.05, 3.63) is 17.0 Å². The summed E-state index contributed by atoms with van der Waals surface area (Å²) in [7, 11) is 0. The lowest BCUT2D eigenvalue weighted by Gasteiger charge is -2.30. The maximum Gasteiger partial charge on any atom is 0.257 e. The number of amides is 1. The summed E-state index contributed by atoms with van der Waals surface area (Å²) in [5, 5.41) is 7.10. The summed E-state index contributed by atoms with van der Waals surface area (Å²) in [6.07, 6.45) is 5.87. The highest BCUT2D eigenvalue weighted by molar-refractivity contribution is 5.96. The van der Waals surface area contributed by atoms with Crippen LogP contribution in [0.5, 0.6) is 0 Å². The number of H-pyrrole nitrogens is 1. The van der Waals surface area contributed by atoms with E-state index in [4.69, 9.17) is 0 Å². The largest absolute Gasteiger partial charge is 0.336 e. The Morgan fingerprint density at radius 1 is 1.35 bits per heavy atom. The summed E-state index contributed by atoms with van der Waals surface area (Å²) in [5.74, 6) is 0.791. The van der Waals surface area contributed by atoms with E-state index in [-0.39, 0.29) is 5.91 Å². The first kappa shape index (κ1) is 15.1. The Hall–Kier alpha value is -1.32. The van der Waals surface area contributed by atoms with E-state index in [0.717, 1.165) is 42.8 Å². The molecule has 0 radical (unpaired) electrons. The molecule has 4 nitrogen and oxygen atoms in total. The second-order valence-corrected chi connectivity index (χ2v) is 6.43. The van der Waals surface area contributed by atoms with Gasteiger partial charge in [-0.3, -0.25) is 9.89 Å². The molecule has 112 valence electrons. The number of hydrogen-bond donors (Lipinski definition) is 1. The molecule has 20 heavy (non-hydrogen) atoms. The van der Waals surface area contributed by atoms with Gasteiger partial charge in [-0.15, -0.1) is 0 Å². The van der Waals surface area contributed by atoms with Crippen LogP contribution in [0.25, 0.3) is 0 Å². The number of aromatic nitrogens is 2. The van der Waals surface area contributed by atoms with Gasteiger partial charge in [0.15, 0.2) is 0 Å². The zero-order chi connectivity index (χ0) is 14.7. The van der Waals surface area contributed by atoms with Crippen molar-refractivity contribution in [2.45, 2.75) is 65.8 Å². The summed E-state index contributed by atoms with van der Waals surface area (Å²) in [4.78, 5) is 15.0. The molecule has 1 N–H and O–H groups in total. The Morgan fingerprint density at radius 2 is 2.00 bits per heavy atom. The van der Waals surface area contributed by atoms with Gasteiger partial charge in [0.1, 0.15) is 0 Å². The molecule has 1 amide bonds. The van der Waals surface area contributed by atoms with Crippen molar-refractivity contribution in [3.63, 3.8) is 0 Å². The molecule has 1 saturated carbocycles. The second-order valence-electron chi connectivity index (χ2n) is 6.43. The first-order valence-corrected chi connectivity index (χ1v) is 7.83. The Balaban J connectivity index is 2.18. The predicted octanol–water partition coefficient (Wildman–Crippen LogP) is 3.46. The number of hydrogen-bond acceptors (Lipinski definition) is 2. The maximum atomic E-state index is 12.9. The van der Waals surface area contributed by atoms with Crippen LogP contribution in [-0.4, -0.2) is 33.6 Å². The van der Waals surface area contributed by atoms with E-state index in [1.165, 1.54) is 12.8 Å². The minimum Gasteiger partial charge on any atom is -0.336 e. The van der Waals surface area contributed by atoms with Gasteiger partial charge in [0, 0.05) is 18.3 Å². The molecule has 1 fully saturated rings. The van der Waals surface area contributed by atoms with E-state index in [1.807, 2.05) is 13.8 Å². The first-order chi connectivity index (χ1) is 9.50. The molecular formula is C16H27N3O. The van der Waals surface area contributed by atoms with Crippen LogP contribution in [0, 0.1) is 19.8 Å². The standard InChI is InChI=1S/C16H27N3O/c1-11(2)9-10-19(14-7-5-6-8-14)16(20)15-12(3)17-18-13(15)4/h11,14H,5-10H2,1-4H3,(H,17,18). The quantitative estimate of drug-likeness (QED) is 0.896. The van der Waals surface area contributed by atoms with E-state index in [9.17, 15) is 4.79 Å². The van der Waals surface area contributed by atoms with Gasteiger partial charge in [-0.2, -0.15) is 5.10 Å². The first-order valence-electron chi connectivity index (χ1n) is 7.83. The number of rotatable bonds is 5. The molecule has 0 spiro atoms. The average Bonchev–Trinajstić information content (AvgIpc) is 3.00. The molecule has 1 aromatic heterocycles. The molecular weight excluding hydrogens is 250 g/mol. The Kier molecular flexibility index (Phi) is 4.84. The third-order valence-electron chi connectivity index (χ3n) is 4.32. The topological polar surface area (TPSA) is 49.0 Å². The molecule has 2 rings (SSSR count). The maximum absolute atomic E-state index is 12.9. The second kappa shape index (κ2) is 6.42. The van der Waals surface area contributed by atoms with Crippen molar-refractivity contribution in [1.29, 1.82) is 0 Å². The Labute approximate surface area is 121 Å². The molecule has 0 saturated heterocycles. The highest BCUT2D eigenvalue weighted by Gasteiger charge is 2.29. The number of nitrogens with one attached hydrogen (secondary N) is 1. The van der Waals surface area contributed by atoms with Gasteiger partial charge in [-0.05, 0) is 39.0 Å². The molecule has 0 bridgehead atoms. The molecule has 1 aliphatic carbocycles. The average molecular weight is 277 g/mol. The monoisotopic (exact) mass is 277 g/mol. The van der Waals surface area contributed by atoms with Gasteiger partial charge >= 0.3 is 0 Å². The fourth-order valence-electron chi connectivity index (χ4n) is 3.07. The van der Waals surface area contributed by atoms with Gasteiger partial charge in [-0.1, -0.05) is 26.7 Å². The van der Waals surface area contributed by atoms with Crippen LogP contribution in [-0.2, 0) is 0 Å². The van der Waals surface area contributed by atoms with Crippen molar-refractivity contribution in [2.24, 2.45) is 5.92 Å². The highest BCUT2D eigenvalue weighted by Crippen LogP contribution is 2.26. The van der Waals surface area contributed by atoms with E-state index in [0.29, 0.717) is 12.0 Å². The summed E-state index contributed by atoms with van der Waals surface area (Å²) in [6.45, 7) is 9.14. The van der Waals surface area contributed by atoms with Crippen LogP contribution in [0.15, 0.2) is 0 Å². The Morgan fingerprint density at radius 3 is 2.50 bits per heavy atom. The SMILES string of the molecule is Cc1n[nH]c(C)c1C(=O)N(CCC(C)C)C1CCCC1. The normalized spacial score (nSPS) is 16.1. The number of nitrogens with zero attached hydrogens (tertiary/aromatic N) is 2. The van der Waals surface area contributed by atoms with Crippen LogP contribution < -0.4 is 0 Å². The van der Waals surface area contributed by atoms with Crippen molar-refractivity contribution < 1.29 is 4.79 Å². The zero-order valence-corrected chi connectivity index (χ0v) is 13.2. The van der Waals surface area contributed by atoms with Crippen LogP contribution >= 0.6 is 0 Å². The van der Waals surface area contributed by atoms with Crippen molar-refractivity contribution in [3.8, 4) is 0 Å². The molecule has 0 unspecified atom stereocenters. The van der Waals surface area contributed by atoms with Crippen LogP contribution in [0.4, 0.5) is 0 Å². The lowest BCUT2D eigenvalue weighted by Crippen LogP contribution is -2.40. The number of carbonyl (C=O) groups excluding carboxylic acids is 1. The van der Waals surface area contributed by atoms with E-state index in [1.54, 1.807) is 0 Å². The van der Waals surface area contributed by atoms with E-state index in [2.05, 4.69) is 28.9 Å². The molecule has 1 aromatic rings. The van der Waals surface area contributed by atoms with Crippen molar-refractivity contribution in [1.82, 2.24) is 15.1 Å². The lowest BCUT2D eigenvalue weighted by molar-refractivity contribution is 0.0670. The third kappa shape index (κ3) is 3.22. The van der Waals surface area contributed by atoms with Crippen LogP contribution in [0.2, 0.25) is 0 Å². The van der Waals surface area contributed by atoms with Crippen molar-refractivity contribution >= 4 is 5.91 Å². The summed E-state index contributed by atoms with van der Waals surface area (Å²) < 4.78 is 0. The molecule has 0 atom stereocenters. The summed E-state index contributed by atoms with van der Waals surface area (Å²) >= 11 is 0. The fraction of sp³-hybridized carbons (Fsp3) is 0.750. The minimum atomic E-state index is 0.168. The molecule has 0 aliphatic heterocycles. The fourth-order valence-corrected chi connectivity index (χ4v) is 3.07. The predicted molar refractivity (Wildman–Crippen MR) is 80.8 cm³/mol. The number of aryl methyl sites for hydroxylation is 2. The number of aromatic amines is 1. The summed E-state index contributed by atoms with van der Waals surface area (Å²) in [6, 6.07) is 0.426. The smallest absolute Gasteiger partial charge is 0.257 e. The van der Waals surface area contributed by atoms with Crippen molar-refractivity contribution in [2.75, 3.05) is 6.54 Å². The van der Waals surface area contributed by atoms with E-state index >= 15 is 0 Å². The van der Waals surface area contributed by atoms with Gasteiger partial charge in [0.2, 0.25) is 0 Å². The van der Waals surface area contributed by atoms with Crippen LogP contribution in [0.3, 0.4) is 0 Å². The molecule has 4 heteroatoms. The summed E-state index contributed by atoms with van der Waals surface area (Å²) in [5.41, 5.74) is 2.49. The van der Waals surface area contributed by atoms with Gasteiger partial charge in [-0.25, -0.2) is 0 Å². The van der Waals surface area contributed by atoms with E-state index < -0.39 is 0 Å². The molecule has 1 heterocycles. The molecule has 0 aromatic carbocycles. The van der Waals surface area contributed by atoms with Gasteiger partial charge in [0.25, 0.3) is 5.91 Å². The third-order valence-corrected chi connectivity index (χ3v) is 4.32. The number of carbonyl (C=O) groups is 1. The van der Waals surface area contributed by atoms with Gasteiger partial charge < -0.3 is 4.90 Å². The van der Waals surface area contributed by atoms with Gasteiger partial charge in [0.05, 0.1) is 11.3 Å².